The number of carbonyl (C=O) groups excluding carboxylic acids is 1. The van der Waals surface area contributed by atoms with E-state index in [2.05, 4.69) is 0 Å². The van der Waals surface area contributed by atoms with Crippen molar-refractivity contribution in [2.45, 2.75) is 18.2 Å². The van der Waals surface area contributed by atoms with Crippen LogP contribution in [0.4, 0.5) is 0 Å². The minimum atomic E-state index is -0.319. The van der Waals surface area contributed by atoms with Gasteiger partial charge in [-0.1, -0.05) is 31.2 Å². The van der Waals surface area contributed by atoms with Crippen molar-refractivity contribution in [2.24, 2.45) is 0 Å². The molecule has 0 saturated carbocycles. The Kier molecular flexibility index (Phi) is 4.86. The van der Waals surface area contributed by atoms with E-state index < -0.39 is 0 Å². The monoisotopic (exact) mass is 208 g/mol. The van der Waals surface area contributed by atoms with Gasteiger partial charge in [0.15, 0.2) is 0 Å². The van der Waals surface area contributed by atoms with Gasteiger partial charge in [0.2, 0.25) is 0 Å². The zero-order valence-corrected chi connectivity index (χ0v) is 8.79. The summed E-state index contributed by atoms with van der Waals surface area (Å²) in [6.07, 6.45) is 4.05. The summed E-state index contributed by atoms with van der Waals surface area (Å²) in [5.41, 5.74) is 0. The average molecular weight is 208 g/mol. The lowest BCUT2D eigenvalue weighted by Crippen LogP contribution is -1.92. The molecule has 0 aromatic heterocycles. The molecule has 0 atom stereocenters. The molecule has 0 aliphatic heterocycles. The molecule has 0 fully saturated rings. The van der Waals surface area contributed by atoms with Gasteiger partial charge in [0.05, 0.1) is 12.0 Å². The molecule has 0 unspecified atom stereocenters. The van der Waals surface area contributed by atoms with Crippen molar-refractivity contribution in [1.82, 2.24) is 0 Å². The third-order valence-corrected chi connectivity index (χ3v) is 2.17. The van der Waals surface area contributed by atoms with Gasteiger partial charge in [0.1, 0.15) is 0 Å². The van der Waals surface area contributed by atoms with Crippen LogP contribution < -0.4 is 0 Å². The van der Waals surface area contributed by atoms with E-state index in [9.17, 15) is 4.79 Å². The van der Waals surface area contributed by atoms with Crippen LogP contribution >= 0.6 is 12.0 Å². The SMILES string of the molecule is CCC=CC(=O)OSc1ccccc1. The van der Waals surface area contributed by atoms with Crippen molar-refractivity contribution in [1.29, 1.82) is 0 Å². The third-order valence-electron chi connectivity index (χ3n) is 1.45. The second-order valence-electron chi connectivity index (χ2n) is 2.61. The number of carbonyl (C=O) groups is 1. The van der Waals surface area contributed by atoms with Crippen molar-refractivity contribution in [3.05, 3.63) is 42.5 Å². The van der Waals surface area contributed by atoms with Gasteiger partial charge >= 0.3 is 5.97 Å². The van der Waals surface area contributed by atoms with Gasteiger partial charge in [-0.25, -0.2) is 4.79 Å². The van der Waals surface area contributed by atoms with E-state index in [4.69, 9.17) is 4.18 Å². The lowest BCUT2D eigenvalue weighted by molar-refractivity contribution is -0.127. The summed E-state index contributed by atoms with van der Waals surface area (Å²) in [5, 5.41) is 0. The molecule has 3 heteroatoms. The molecule has 0 radical (unpaired) electrons. The molecule has 0 spiro atoms. The molecule has 0 N–H and O–H groups in total. The van der Waals surface area contributed by atoms with E-state index >= 15 is 0 Å². The van der Waals surface area contributed by atoms with Crippen molar-refractivity contribution in [3.63, 3.8) is 0 Å². The molecule has 1 aromatic rings. The maximum absolute atomic E-state index is 11.0. The number of hydrogen-bond donors (Lipinski definition) is 0. The maximum atomic E-state index is 11.0. The van der Waals surface area contributed by atoms with Gasteiger partial charge in [0.25, 0.3) is 0 Å². The molecule has 2 nitrogen and oxygen atoms in total. The average Bonchev–Trinajstić information content (AvgIpc) is 2.25. The topological polar surface area (TPSA) is 26.3 Å². The van der Waals surface area contributed by atoms with E-state index in [1.165, 1.54) is 6.08 Å². The second kappa shape index (κ2) is 6.27. The number of benzene rings is 1. The smallest absolute Gasteiger partial charge is 0.342 e. The predicted molar refractivity (Wildman–Crippen MR) is 57.8 cm³/mol. The molecule has 74 valence electrons. The van der Waals surface area contributed by atoms with Crippen molar-refractivity contribution in [3.8, 4) is 0 Å². The molecule has 14 heavy (non-hydrogen) atoms. The summed E-state index contributed by atoms with van der Waals surface area (Å²) >= 11 is 1.08. The van der Waals surface area contributed by atoms with Crippen LogP contribution in [0.1, 0.15) is 13.3 Å². The van der Waals surface area contributed by atoms with Crippen LogP contribution in [0.2, 0.25) is 0 Å². The highest BCUT2D eigenvalue weighted by atomic mass is 32.2. The van der Waals surface area contributed by atoms with Crippen LogP contribution in [0.3, 0.4) is 0 Å². The molecular weight excluding hydrogens is 196 g/mol. The standard InChI is InChI=1S/C11H12O2S/c1-2-3-9-11(12)13-14-10-7-5-4-6-8-10/h3-9H,2H2,1H3. The normalized spacial score (nSPS) is 10.4. The lowest BCUT2D eigenvalue weighted by atomic mass is 10.4. The van der Waals surface area contributed by atoms with E-state index in [1.807, 2.05) is 37.3 Å². The van der Waals surface area contributed by atoms with Crippen LogP contribution in [0.15, 0.2) is 47.4 Å². The summed E-state index contributed by atoms with van der Waals surface area (Å²) < 4.78 is 4.92. The van der Waals surface area contributed by atoms with Crippen LogP contribution in [-0.2, 0) is 8.98 Å². The molecule has 0 amide bonds. The molecule has 0 aliphatic carbocycles. The molecule has 0 aliphatic rings. The van der Waals surface area contributed by atoms with Crippen LogP contribution in [-0.4, -0.2) is 5.97 Å². The minimum Gasteiger partial charge on any atom is -0.383 e. The molecule has 0 heterocycles. The Labute approximate surface area is 88.2 Å². The van der Waals surface area contributed by atoms with E-state index in [-0.39, 0.29) is 5.97 Å². The predicted octanol–water partition coefficient (Wildman–Crippen LogP) is 3.20. The Morgan fingerprint density at radius 3 is 2.79 bits per heavy atom. The fraction of sp³-hybridized carbons (Fsp3) is 0.182. The maximum Gasteiger partial charge on any atom is 0.342 e. The quantitative estimate of drug-likeness (QED) is 0.561. The zero-order valence-electron chi connectivity index (χ0n) is 7.97. The van der Waals surface area contributed by atoms with Crippen LogP contribution in [0, 0.1) is 0 Å². The molecular formula is C11H12O2S. The van der Waals surface area contributed by atoms with Crippen molar-refractivity contribution in [2.75, 3.05) is 0 Å². The number of hydrogen-bond acceptors (Lipinski definition) is 3. The minimum absolute atomic E-state index is 0.319. The van der Waals surface area contributed by atoms with Gasteiger partial charge in [-0.15, -0.1) is 0 Å². The zero-order chi connectivity index (χ0) is 10.2. The fourth-order valence-corrected chi connectivity index (χ4v) is 1.31. The van der Waals surface area contributed by atoms with Crippen LogP contribution in [0.25, 0.3) is 0 Å². The molecule has 1 rings (SSSR count). The van der Waals surface area contributed by atoms with Crippen LogP contribution in [0.5, 0.6) is 0 Å². The van der Waals surface area contributed by atoms with Gasteiger partial charge in [0, 0.05) is 11.0 Å². The summed E-state index contributed by atoms with van der Waals surface area (Å²) in [5.74, 6) is -0.319. The Morgan fingerprint density at radius 2 is 2.14 bits per heavy atom. The summed E-state index contributed by atoms with van der Waals surface area (Å²) in [6, 6.07) is 9.50. The first-order valence-corrected chi connectivity index (χ1v) is 5.17. The van der Waals surface area contributed by atoms with E-state index in [1.54, 1.807) is 6.08 Å². The summed E-state index contributed by atoms with van der Waals surface area (Å²) in [4.78, 5) is 12.0. The third kappa shape index (κ3) is 4.14. The first-order chi connectivity index (χ1) is 6.83. The highest BCUT2D eigenvalue weighted by molar-refractivity contribution is 7.95. The van der Waals surface area contributed by atoms with Crippen molar-refractivity contribution < 1.29 is 8.98 Å². The Bertz CT molecular complexity index is 306. The fourth-order valence-electron chi connectivity index (χ4n) is 0.807. The second-order valence-corrected chi connectivity index (χ2v) is 3.41. The number of allylic oxidation sites excluding steroid dienone is 1. The molecule has 1 aromatic carbocycles. The Morgan fingerprint density at radius 1 is 1.43 bits per heavy atom. The highest BCUT2D eigenvalue weighted by Crippen LogP contribution is 2.18. The van der Waals surface area contributed by atoms with Gasteiger partial charge < -0.3 is 4.18 Å². The first kappa shape index (κ1) is 10.9. The molecule has 0 bridgehead atoms. The van der Waals surface area contributed by atoms with E-state index in [0.29, 0.717) is 0 Å². The van der Waals surface area contributed by atoms with E-state index in [0.717, 1.165) is 23.4 Å². The highest BCUT2D eigenvalue weighted by Gasteiger charge is 1.98. The lowest BCUT2D eigenvalue weighted by Gasteiger charge is -1.98. The number of rotatable bonds is 4. The summed E-state index contributed by atoms with van der Waals surface area (Å²) in [7, 11) is 0. The first-order valence-electron chi connectivity index (χ1n) is 4.43. The van der Waals surface area contributed by atoms with Crippen molar-refractivity contribution >= 4 is 18.0 Å². The molecule has 0 saturated heterocycles. The Hall–Kier alpha value is -1.22. The van der Waals surface area contributed by atoms with Gasteiger partial charge in [-0.2, -0.15) is 0 Å². The largest absolute Gasteiger partial charge is 0.383 e. The van der Waals surface area contributed by atoms with Gasteiger partial charge in [-0.05, 0) is 18.6 Å². The van der Waals surface area contributed by atoms with Gasteiger partial charge in [-0.3, -0.25) is 0 Å². The Balaban J connectivity index is 2.34. The summed E-state index contributed by atoms with van der Waals surface area (Å²) in [6.45, 7) is 1.97.